The molecule has 0 aliphatic heterocycles. The summed E-state index contributed by atoms with van der Waals surface area (Å²) in [7, 11) is 0. The van der Waals surface area contributed by atoms with Crippen molar-refractivity contribution in [2.45, 2.75) is 13.1 Å². The van der Waals surface area contributed by atoms with Crippen LogP contribution < -0.4 is 5.32 Å². The van der Waals surface area contributed by atoms with Gasteiger partial charge < -0.3 is 5.11 Å². The normalized spacial score (nSPS) is 10.6. The summed E-state index contributed by atoms with van der Waals surface area (Å²) in [6.07, 6.45) is 2.76. The smallest absolute Gasteiger partial charge is 0.356 e. The fraction of sp³-hybridized carbons (Fsp3) is 0.133. The van der Waals surface area contributed by atoms with Crippen LogP contribution in [0.1, 0.15) is 16.1 Å². The molecule has 0 aliphatic rings. The Bertz CT molecular complexity index is 919. The Morgan fingerprint density at radius 3 is 2.68 bits per heavy atom. The molecule has 0 radical (unpaired) electrons. The van der Waals surface area contributed by atoms with E-state index in [2.05, 4.69) is 20.5 Å². The molecule has 0 unspecified atom stereocenters. The number of carbonyl (C=O) groups is 2. The highest BCUT2D eigenvalue weighted by molar-refractivity contribution is 5.89. The van der Waals surface area contributed by atoms with Crippen LogP contribution in [0.3, 0.4) is 0 Å². The number of carboxylic acid groups (broad SMARTS) is 1. The molecule has 25 heavy (non-hydrogen) atoms. The van der Waals surface area contributed by atoms with E-state index in [1.54, 1.807) is 18.2 Å². The number of halogens is 1. The lowest BCUT2D eigenvalue weighted by Crippen LogP contribution is -2.20. The monoisotopic (exact) mass is 344 g/mol. The van der Waals surface area contributed by atoms with Crippen molar-refractivity contribution in [3.05, 3.63) is 59.9 Å². The maximum absolute atomic E-state index is 13.6. The zero-order valence-electron chi connectivity index (χ0n) is 12.8. The van der Waals surface area contributed by atoms with E-state index >= 15 is 0 Å². The molecule has 0 atom stereocenters. The molecule has 0 aliphatic carbocycles. The minimum absolute atomic E-state index is 0.0620. The number of hydrogen-bond acceptors (Lipinski definition) is 5. The fourth-order valence-electron chi connectivity index (χ4n) is 2.10. The van der Waals surface area contributed by atoms with Crippen LogP contribution in [0, 0.1) is 5.82 Å². The summed E-state index contributed by atoms with van der Waals surface area (Å²) in [4.78, 5) is 26.6. The average Bonchev–Trinajstić information content (AvgIpc) is 3.19. The van der Waals surface area contributed by atoms with Crippen LogP contribution in [0.4, 0.5) is 10.3 Å². The maximum atomic E-state index is 13.6. The molecule has 0 bridgehead atoms. The van der Waals surface area contributed by atoms with E-state index in [0.29, 0.717) is 5.56 Å². The summed E-state index contributed by atoms with van der Waals surface area (Å²) in [6.45, 7) is -0.00813. The highest BCUT2D eigenvalue weighted by atomic mass is 19.1. The first kappa shape index (κ1) is 16.3. The summed E-state index contributed by atoms with van der Waals surface area (Å²) in [5.41, 5.74) is 0.295. The van der Waals surface area contributed by atoms with Crippen molar-refractivity contribution in [3.8, 4) is 0 Å². The van der Waals surface area contributed by atoms with Gasteiger partial charge in [-0.05, 0) is 12.1 Å². The van der Waals surface area contributed by atoms with Crippen molar-refractivity contribution in [1.29, 1.82) is 0 Å². The second-order valence-electron chi connectivity index (χ2n) is 5.11. The van der Waals surface area contributed by atoms with Gasteiger partial charge in [-0.3, -0.25) is 14.8 Å². The lowest BCUT2D eigenvalue weighted by atomic mass is 10.2. The van der Waals surface area contributed by atoms with E-state index in [1.165, 1.54) is 34.0 Å². The summed E-state index contributed by atoms with van der Waals surface area (Å²) in [6, 6.07) is 7.58. The largest absolute Gasteiger partial charge is 0.476 e. The van der Waals surface area contributed by atoms with E-state index in [1.807, 2.05) is 0 Å². The van der Waals surface area contributed by atoms with Crippen LogP contribution in [-0.4, -0.2) is 41.5 Å². The molecule has 2 heterocycles. The number of amides is 1. The van der Waals surface area contributed by atoms with Crippen molar-refractivity contribution in [1.82, 2.24) is 24.5 Å². The van der Waals surface area contributed by atoms with Gasteiger partial charge in [-0.1, -0.05) is 18.2 Å². The van der Waals surface area contributed by atoms with Gasteiger partial charge >= 0.3 is 5.97 Å². The summed E-state index contributed by atoms with van der Waals surface area (Å²) < 4.78 is 16.2. The van der Waals surface area contributed by atoms with Crippen molar-refractivity contribution >= 4 is 17.8 Å². The topological polar surface area (TPSA) is 115 Å². The molecule has 0 saturated carbocycles. The molecule has 1 amide bonds. The SMILES string of the molecule is O=C(Cn1ccc(C(=O)O)n1)Nc1ncn(Cc2ccccc2F)n1. The predicted octanol–water partition coefficient (Wildman–Crippen LogP) is 0.999. The number of aromatic carboxylic acids is 1. The lowest BCUT2D eigenvalue weighted by Gasteiger charge is -2.03. The van der Waals surface area contributed by atoms with Crippen LogP contribution in [0.2, 0.25) is 0 Å². The third-order valence-electron chi connectivity index (χ3n) is 3.24. The van der Waals surface area contributed by atoms with Crippen LogP contribution >= 0.6 is 0 Å². The van der Waals surface area contributed by atoms with E-state index in [9.17, 15) is 14.0 Å². The molecule has 9 nitrogen and oxygen atoms in total. The molecule has 128 valence electrons. The van der Waals surface area contributed by atoms with Crippen molar-refractivity contribution in [2.75, 3.05) is 5.32 Å². The maximum Gasteiger partial charge on any atom is 0.356 e. The van der Waals surface area contributed by atoms with E-state index in [4.69, 9.17) is 5.11 Å². The second kappa shape index (κ2) is 6.91. The molecule has 0 saturated heterocycles. The number of anilines is 1. The number of rotatable bonds is 6. The number of benzene rings is 1. The number of carbonyl (C=O) groups excluding carboxylic acids is 1. The minimum Gasteiger partial charge on any atom is -0.476 e. The van der Waals surface area contributed by atoms with Crippen LogP contribution in [0.15, 0.2) is 42.9 Å². The standard InChI is InChI=1S/C15H13FN6O3/c16-11-4-2-1-3-10(11)7-22-9-17-15(20-22)18-13(23)8-21-6-5-12(19-21)14(24)25/h1-6,9H,7-8H2,(H,24,25)(H,18,20,23). The quantitative estimate of drug-likeness (QED) is 0.689. The predicted molar refractivity (Wildman–Crippen MR) is 83.3 cm³/mol. The zero-order chi connectivity index (χ0) is 17.8. The Balaban J connectivity index is 1.59. The average molecular weight is 344 g/mol. The van der Waals surface area contributed by atoms with Gasteiger partial charge in [0.15, 0.2) is 5.69 Å². The molecule has 2 N–H and O–H groups in total. The van der Waals surface area contributed by atoms with Crippen molar-refractivity contribution in [2.24, 2.45) is 0 Å². The third-order valence-corrected chi connectivity index (χ3v) is 3.24. The Kier molecular flexibility index (Phi) is 4.50. The fourth-order valence-corrected chi connectivity index (χ4v) is 2.10. The molecular weight excluding hydrogens is 331 g/mol. The molecule has 3 aromatic rings. The van der Waals surface area contributed by atoms with Gasteiger partial charge in [0, 0.05) is 11.8 Å². The summed E-state index contributed by atoms with van der Waals surface area (Å²) in [5.74, 6) is -1.93. The number of aromatic nitrogens is 5. The highest BCUT2D eigenvalue weighted by Gasteiger charge is 2.11. The molecular formula is C15H13FN6O3. The van der Waals surface area contributed by atoms with E-state index in [-0.39, 0.29) is 30.5 Å². The molecule has 3 rings (SSSR count). The van der Waals surface area contributed by atoms with Crippen molar-refractivity contribution in [3.63, 3.8) is 0 Å². The van der Waals surface area contributed by atoms with Gasteiger partial charge in [-0.15, -0.1) is 5.10 Å². The molecule has 1 aromatic carbocycles. The first-order chi connectivity index (χ1) is 12.0. The van der Waals surface area contributed by atoms with Gasteiger partial charge in [0.1, 0.15) is 18.7 Å². The Morgan fingerprint density at radius 1 is 1.16 bits per heavy atom. The summed E-state index contributed by atoms with van der Waals surface area (Å²) in [5, 5.41) is 19.0. The highest BCUT2D eigenvalue weighted by Crippen LogP contribution is 2.08. The van der Waals surface area contributed by atoms with Gasteiger partial charge in [0.2, 0.25) is 11.9 Å². The first-order valence-electron chi connectivity index (χ1n) is 7.21. The molecule has 2 aromatic heterocycles. The Labute approximate surface area is 140 Å². The number of nitrogens with zero attached hydrogens (tertiary/aromatic N) is 5. The lowest BCUT2D eigenvalue weighted by molar-refractivity contribution is -0.117. The minimum atomic E-state index is -1.17. The zero-order valence-corrected chi connectivity index (χ0v) is 12.8. The third kappa shape index (κ3) is 4.05. The Hall–Kier alpha value is -3.56. The molecule has 0 spiro atoms. The Morgan fingerprint density at radius 2 is 1.96 bits per heavy atom. The van der Waals surface area contributed by atoms with Crippen LogP contribution in [-0.2, 0) is 17.9 Å². The van der Waals surface area contributed by atoms with E-state index in [0.717, 1.165) is 0 Å². The van der Waals surface area contributed by atoms with Gasteiger partial charge in [0.25, 0.3) is 0 Å². The van der Waals surface area contributed by atoms with Crippen molar-refractivity contribution < 1.29 is 19.1 Å². The molecule has 0 fully saturated rings. The second-order valence-corrected chi connectivity index (χ2v) is 5.11. The van der Waals surface area contributed by atoms with Gasteiger partial charge in [-0.2, -0.15) is 5.10 Å². The number of nitrogens with one attached hydrogen (secondary N) is 1. The van der Waals surface area contributed by atoms with Crippen LogP contribution in [0.5, 0.6) is 0 Å². The summed E-state index contributed by atoms with van der Waals surface area (Å²) >= 11 is 0. The first-order valence-corrected chi connectivity index (χ1v) is 7.21. The van der Waals surface area contributed by atoms with Crippen LogP contribution in [0.25, 0.3) is 0 Å². The molecule has 10 heteroatoms. The number of hydrogen-bond donors (Lipinski definition) is 2. The van der Waals surface area contributed by atoms with Gasteiger partial charge in [-0.25, -0.2) is 18.9 Å². The van der Waals surface area contributed by atoms with Gasteiger partial charge in [0.05, 0.1) is 6.54 Å². The number of carboxylic acids is 1. The van der Waals surface area contributed by atoms with E-state index < -0.39 is 11.9 Å².